The standard InChI is InChI=1S/C4H3S.ClH/c1-2-4-5-3-1;/h1-3H;1H. The van der Waals surface area contributed by atoms with Crippen LogP contribution in [0, 0.1) is 5.38 Å². The fourth-order valence-corrected chi connectivity index (χ4v) is 0.589. The minimum absolute atomic E-state index is 0. The second kappa shape index (κ2) is 3.19. The first-order valence-corrected chi connectivity index (χ1v) is 2.27. The fourth-order valence-electron chi connectivity index (χ4n) is 0.196. The highest BCUT2D eigenvalue weighted by molar-refractivity contribution is 7.07. The first-order valence-electron chi connectivity index (χ1n) is 1.40. The summed E-state index contributed by atoms with van der Waals surface area (Å²) >= 11 is 1.59. The molecule has 33 valence electrons. The molecule has 0 bridgehead atoms. The number of thiophene rings is 1. The summed E-state index contributed by atoms with van der Waals surface area (Å²) in [6.45, 7) is 0. The SMILES string of the molecule is Cl.[c]1cccs1. The predicted molar refractivity (Wildman–Crippen MR) is 30.4 cm³/mol. The monoisotopic (exact) mass is 119 g/mol. The summed E-state index contributed by atoms with van der Waals surface area (Å²) < 4.78 is 0. The van der Waals surface area contributed by atoms with Crippen molar-refractivity contribution in [3.63, 3.8) is 0 Å². The largest absolute Gasteiger partial charge is 0.147 e. The molecule has 1 aromatic rings. The van der Waals surface area contributed by atoms with E-state index in [-0.39, 0.29) is 12.4 Å². The highest BCUT2D eigenvalue weighted by Crippen LogP contribution is 1.90. The molecule has 0 atom stereocenters. The fraction of sp³-hybridized carbons (Fsp3) is 0. The van der Waals surface area contributed by atoms with Crippen molar-refractivity contribution >= 4 is 23.7 Å². The second-order valence-electron chi connectivity index (χ2n) is 0.731. The zero-order valence-electron chi connectivity index (χ0n) is 3.05. The molecule has 0 fully saturated rings. The third kappa shape index (κ3) is 1.43. The van der Waals surface area contributed by atoms with Crippen molar-refractivity contribution in [2.75, 3.05) is 0 Å². The molecule has 6 heavy (non-hydrogen) atoms. The number of rotatable bonds is 0. The Morgan fingerprint density at radius 1 is 1.50 bits per heavy atom. The van der Waals surface area contributed by atoms with Gasteiger partial charge in [0.25, 0.3) is 0 Å². The molecule has 0 saturated carbocycles. The van der Waals surface area contributed by atoms with Gasteiger partial charge in [0, 0.05) is 5.38 Å². The van der Waals surface area contributed by atoms with Crippen molar-refractivity contribution in [2.45, 2.75) is 0 Å². The van der Waals surface area contributed by atoms with E-state index in [1.807, 2.05) is 17.5 Å². The van der Waals surface area contributed by atoms with Gasteiger partial charge in [0.2, 0.25) is 0 Å². The van der Waals surface area contributed by atoms with Crippen LogP contribution in [-0.4, -0.2) is 0 Å². The van der Waals surface area contributed by atoms with Crippen LogP contribution in [0.5, 0.6) is 0 Å². The average Bonchev–Trinajstić information content (AvgIpc) is 1.76. The van der Waals surface area contributed by atoms with Crippen LogP contribution in [0.3, 0.4) is 0 Å². The van der Waals surface area contributed by atoms with E-state index in [1.54, 1.807) is 11.3 Å². The van der Waals surface area contributed by atoms with E-state index in [4.69, 9.17) is 0 Å². The summed E-state index contributed by atoms with van der Waals surface area (Å²) in [7, 11) is 0. The van der Waals surface area contributed by atoms with Gasteiger partial charge in [-0.1, -0.05) is 6.07 Å². The summed E-state index contributed by atoms with van der Waals surface area (Å²) in [5.41, 5.74) is 0. The number of hydrogen-bond donors (Lipinski definition) is 0. The van der Waals surface area contributed by atoms with Crippen LogP contribution in [0.2, 0.25) is 0 Å². The van der Waals surface area contributed by atoms with Gasteiger partial charge in [-0.05, 0) is 11.4 Å². The van der Waals surface area contributed by atoms with Crippen LogP contribution < -0.4 is 0 Å². The molecule has 1 rings (SSSR count). The minimum Gasteiger partial charge on any atom is -0.147 e. The average molecular weight is 120 g/mol. The van der Waals surface area contributed by atoms with Gasteiger partial charge in [0.1, 0.15) is 0 Å². The first kappa shape index (κ1) is 5.99. The summed E-state index contributed by atoms with van der Waals surface area (Å²) in [5, 5.41) is 4.89. The van der Waals surface area contributed by atoms with Crippen LogP contribution in [0.4, 0.5) is 0 Å². The van der Waals surface area contributed by atoms with Crippen molar-refractivity contribution in [1.82, 2.24) is 0 Å². The summed E-state index contributed by atoms with van der Waals surface area (Å²) in [4.78, 5) is 0. The predicted octanol–water partition coefficient (Wildman–Crippen LogP) is 1.97. The van der Waals surface area contributed by atoms with Gasteiger partial charge in [-0.15, -0.1) is 23.7 Å². The lowest BCUT2D eigenvalue weighted by atomic mass is 10.7. The van der Waals surface area contributed by atoms with Gasteiger partial charge in [0.15, 0.2) is 0 Å². The van der Waals surface area contributed by atoms with Crippen LogP contribution in [0.25, 0.3) is 0 Å². The van der Waals surface area contributed by atoms with Crippen LogP contribution in [0.15, 0.2) is 17.5 Å². The molecular formula is C4H4ClS. The molecule has 1 radical (unpaired) electrons. The molecule has 0 N–H and O–H groups in total. The number of hydrogen-bond acceptors (Lipinski definition) is 1. The molecule has 0 unspecified atom stereocenters. The van der Waals surface area contributed by atoms with E-state index in [9.17, 15) is 0 Å². The van der Waals surface area contributed by atoms with E-state index in [2.05, 4.69) is 5.38 Å². The van der Waals surface area contributed by atoms with Gasteiger partial charge < -0.3 is 0 Å². The normalized spacial score (nSPS) is 6.67. The molecule has 0 aliphatic rings. The Morgan fingerprint density at radius 3 is 2.50 bits per heavy atom. The minimum atomic E-state index is 0. The highest BCUT2D eigenvalue weighted by atomic mass is 35.5. The smallest absolute Gasteiger partial charge is 0.0442 e. The van der Waals surface area contributed by atoms with Crippen molar-refractivity contribution < 1.29 is 0 Å². The zero-order valence-corrected chi connectivity index (χ0v) is 4.68. The maximum absolute atomic E-state index is 2.90. The Labute approximate surface area is 47.2 Å². The Balaban J connectivity index is 0.000000250. The second-order valence-corrected chi connectivity index (χ2v) is 1.47. The van der Waals surface area contributed by atoms with Crippen LogP contribution >= 0.6 is 23.7 Å². The van der Waals surface area contributed by atoms with Crippen molar-refractivity contribution in [2.24, 2.45) is 0 Å². The lowest BCUT2D eigenvalue weighted by Gasteiger charge is -1.38. The molecule has 0 amide bonds. The zero-order chi connectivity index (χ0) is 3.54. The molecule has 1 heterocycles. The summed E-state index contributed by atoms with van der Waals surface area (Å²) in [5.74, 6) is 0. The third-order valence-corrected chi connectivity index (χ3v) is 0.944. The van der Waals surface area contributed by atoms with Gasteiger partial charge in [-0.25, -0.2) is 0 Å². The molecule has 0 saturated heterocycles. The lowest BCUT2D eigenvalue weighted by molar-refractivity contribution is 2.01. The van der Waals surface area contributed by atoms with Crippen LogP contribution in [0.1, 0.15) is 0 Å². The first-order chi connectivity index (χ1) is 2.50. The molecule has 0 aromatic carbocycles. The van der Waals surface area contributed by atoms with Gasteiger partial charge in [0.05, 0.1) is 0 Å². The molecular weight excluding hydrogens is 116 g/mol. The maximum atomic E-state index is 2.90. The van der Waals surface area contributed by atoms with Gasteiger partial charge >= 0.3 is 0 Å². The van der Waals surface area contributed by atoms with E-state index >= 15 is 0 Å². The van der Waals surface area contributed by atoms with Crippen LogP contribution in [-0.2, 0) is 0 Å². The van der Waals surface area contributed by atoms with E-state index in [0.29, 0.717) is 0 Å². The Morgan fingerprint density at radius 2 is 2.33 bits per heavy atom. The Bertz CT molecular complexity index is 64.0. The van der Waals surface area contributed by atoms with Crippen molar-refractivity contribution in [3.8, 4) is 0 Å². The summed E-state index contributed by atoms with van der Waals surface area (Å²) in [6.07, 6.45) is 0. The van der Waals surface area contributed by atoms with Crippen molar-refractivity contribution in [1.29, 1.82) is 0 Å². The molecule has 0 nitrogen and oxygen atoms in total. The molecule has 1 aromatic heterocycles. The molecule has 2 heteroatoms. The maximum Gasteiger partial charge on any atom is 0.0442 e. The lowest BCUT2D eigenvalue weighted by Crippen LogP contribution is -1.17. The highest BCUT2D eigenvalue weighted by Gasteiger charge is 1.60. The topological polar surface area (TPSA) is 0 Å². The molecule has 0 aliphatic heterocycles. The van der Waals surface area contributed by atoms with E-state index < -0.39 is 0 Å². The van der Waals surface area contributed by atoms with Crippen molar-refractivity contribution in [3.05, 3.63) is 22.9 Å². The van der Waals surface area contributed by atoms with E-state index in [0.717, 1.165) is 0 Å². The Kier molecular flexibility index (Phi) is 3.19. The summed E-state index contributed by atoms with van der Waals surface area (Å²) in [6, 6.07) is 3.86. The van der Waals surface area contributed by atoms with Gasteiger partial charge in [-0.3, -0.25) is 0 Å². The quantitative estimate of drug-likeness (QED) is 0.490. The van der Waals surface area contributed by atoms with E-state index in [1.165, 1.54) is 0 Å². The Hall–Kier alpha value is -0.0100. The third-order valence-electron chi connectivity index (χ3n) is 0.379. The molecule has 0 spiro atoms. The number of halogens is 1. The van der Waals surface area contributed by atoms with Gasteiger partial charge in [-0.2, -0.15) is 0 Å². The molecule has 0 aliphatic carbocycles.